The molecule has 2 N–H and O–H groups in total. The van der Waals surface area contributed by atoms with Crippen LogP contribution in [-0.2, 0) is 6.42 Å². The van der Waals surface area contributed by atoms with Gasteiger partial charge in [-0.15, -0.1) is 0 Å². The summed E-state index contributed by atoms with van der Waals surface area (Å²) in [6, 6.07) is 10.4. The van der Waals surface area contributed by atoms with E-state index in [-0.39, 0.29) is 6.61 Å². The summed E-state index contributed by atoms with van der Waals surface area (Å²) in [4.78, 5) is 3.26. The lowest BCUT2D eigenvalue weighted by molar-refractivity contribution is 0.236. The summed E-state index contributed by atoms with van der Waals surface area (Å²) in [6.07, 6.45) is 2.90. The Morgan fingerprint density at radius 2 is 1.94 bits per heavy atom. The van der Waals surface area contributed by atoms with Crippen LogP contribution in [0.15, 0.2) is 41.0 Å². The van der Waals surface area contributed by atoms with Crippen LogP contribution in [0.4, 0.5) is 0 Å². The van der Waals surface area contributed by atoms with Crippen LogP contribution < -0.4 is 0 Å². The van der Waals surface area contributed by atoms with E-state index in [0.29, 0.717) is 5.92 Å². The van der Waals surface area contributed by atoms with E-state index in [2.05, 4.69) is 39.1 Å². The lowest BCUT2D eigenvalue weighted by atomic mass is 10.1. The molecule has 0 spiro atoms. The van der Waals surface area contributed by atoms with Crippen LogP contribution in [0.3, 0.4) is 0 Å². The van der Waals surface area contributed by atoms with Gasteiger partial charge in [0.15, 0.2) is 0 Å². The second-order valence-electron chi connectivity index (χ2n) is 4.41. The zero-order valence-electron chi connectivity index (χ0n) is 9.78. The summed E-state index contributed by atoms with van der Waals surface area (Å²) in [5.74, 6) is 0.298. The van der Waals surface area contributed by atoms with Crippen molar-refractivity contribution in [1.82, 2.24) is 4.98 Å². The molecule has 0 fully saturated rings. The van der Waals surface area contributed by atoms with E-state index in [0.717, 1.165) is 10.9 Å². The van der Waals surface area contributed by atoms with Crippen molar-refractivity contribution in [1.29, 1.82) is 0 Å². The van der Waals surface area contributed by atoms with Gasteiger partial charge < -0.3 is 10.1 Å². The number of H-pyrrole nitrogens is 1. The van der Waals surface area contributed by atoms with Gasteiger partial charge in [0.1, 0.15) is 0 Å². The number of nitrogens with one attached hydrogen (secondary N) is 1. The van der Waals surface area contributed by atoms with Crippen LogP contribution in [0.2, 0.25) is 0 Å². The number of aliphatic hydroxyl groups is 1. The van der Waals surface area contributed by atoms with Gasteiger partial charge >= 0.3 is 0 Å². The predicted octanol–water partition coefficient (Wildman–Crippen LogP) is 3.62. The molecule has 0 aliphatic rings. The van der Waals surface area contributed by atoms with Gasteiger partial charge in [-0.25, -0.2) is 0 Å². The Morgan fingerprint density at radius 1 is 1.24 bits per heavy atom. The number of aromatic nitrogens is 1. The first-order valence-corrected chi connectivity index (χ1v) is 6.52. The fourth-order valence-electron chi connectivity index (χ4n) is 1.81. The fourth-order valence-corrected chi connectivity index (χ4v) is 2.07. The Bertz CT molecular complexity index is 475. The molecule has 1 aromatic carbocycles. The summed E-state index contributed by atoms with van der Waals surface area (Å²) in [7, 11) is 0. The topological polar surface area (TPSA) is 36.0 Å². The average Bonchev–Trinajstić information content (AvgIpc) is 2.78. The molecular weight excluding hydrogens is 278 g/mol. The van der Waals surface area contributed by atoms with Crippen molar-refractivity contribution >= 4 is 15.9 Å². The van der Waals surface area contributed by atoms with E-state index >= 15 is 0 Å². The molecule has 2 nitrogen and oxygen atoms in total. The van der Waals surface area contributed by atoms with Crippen molar-refractivity contribution < 1.29 is 5.11 Å². The first kappa shape index (κ1) is 12.4. The van der Waals surface area contributed by atoms with Crippen LogP contribution in [0.1, 0.15) is 12.6 Å². The molecule has 0 aliphatic heterocycles. The monoisotopic (exact) mass is 293 g/mol. The van der Waals surface area contributed by atoms with Crippen LogP contribution >= 0.6 is 15.9 Å². The van der Waals surface area contributed by atoms with E-state index < -0.39 is 0 Å². The molecule has 0 aliphatic carbocycles. The first-order chi connectivity index (χ1) is 8.19. The Morgan fingerprint density at radius 3 is 2.59 bits per heavy atom. The molecule has 1 heterocycles. The first-order valence-electron chi connectivity index (χ1n) is 5.73. The third-order valence-corrected chi connectivity index (χ3v) is 3.33. The third-order valence-electron chi connectivity index (χ3n) is 2.80. The Kier molecular flexibility index (Phi) is 4.02. The zero-order valence-corrected chi connectivity index (χ0v) is 11.4. The zero-order chi connectivity index (χ0) is 12.3. The molecule has 0 saturated heterocycles. The molecule has 1 atom stereocenters. The largest absolute Gasteiger partial charge is 0.396 e. The molecule has 1 aromatic heterocycles. The van der Waals surface area contributed by atoms with Gasteiger partial charge in [-0.05, 0) is 41.7 Å². The van der Waals surface area contributed by atoms with Crippen molar-refractivity contribution in [2.45, 2.75) is 13.3 Å². The molecule has 17 heavy (non-hydrogen) atoms. The maximum atomic E-state index is 9.03. The van der Waals surface area contributed by atoms with Gasteiger partial charge in [0, 0.05) is 23.0 Å². The highest BCUT2D eigenvalue weighted by molar-refractivity contribution is 9.10. The van der Waals surface area contributed by atoms with Crippen molar-refractivity contribution in [3.63, 3.8) is 0 Å². The van der Waals surface area contributed by atoms with Gasteiger partial charge in [0.2, 0.25) is 0 Å². The lowest BCUT2D eigenvalue weighted by Gasteiger charge is -2.04. The van der Waals surface area contributed by atoms with E-state index in [4.69, 9.17) is 5.11 Å². The minimum atomic E-state index is 0.229. The molecule has 3 heteroatoms. The fraction of sp³-hybridized carbons (Fsp3) is 0.286. The quantitative estimate of drug-likeness (QED) is 0.887. The smallest absolute Gasteiger partial charge is 0.0460 e. The molecule has 0 amide bonds. The van der Waals surface area contributed by atoms with E-state index in [9.17, 15) is 0 Å². The highest BCUT2D eigenvalue weighted by Crippen LogP contribution is 2.23. The van der Waals surface area contributed by atoms with Crippen LogP contribution in [-0.4, -0.2) is 16.7 Å². The summed E-state index contributed by atoms with van der Waals surface area (Å²) >= 11 is 3.43. The number of aromatic amines is 1. The lowest BCUT2D eigenvalue weighted by Crippen LogP contribution is -2.04. The standard InChI is InChI=1S/C14H16BrNO/c1-10(9-17)6-14-7-12(8-16-14)11-2-4-13(15)5-3-11/h2-5,7-8,10,16-17H,6,9H2,1H3. The van der Waals surface area contributed by atoms with Crippen LogP contribution in [0.5, 0.6) is 0 Å². The van der Waals surface area contributed by atoms with Gasteiger partial charge in [-0.2, -0.15) is 0 Å². The number of aliphatic hydroxyl groups excluding tert-OH is 1. The van der Waals surface area contributed by atoms with Crippen molar-refractivity contribution in [2.24, 2.45) is 5.92 Å². The maximum absolute atomic E-state index is 9.03. The van der Waals surface area contributed by atoms with Crippen LogP contribution in [0.25, 0.3) is 11.1 Å². The Labute approximate surface area is 110 Å². The molecule has 0 radical (unpaired) electrons. The second-order valence-corrected chi connectivity index (χ2v) is 5.33. The number of hydrogen-bond acceptors (Lipinski definition) is 1. The molecule has 2 aromatic rings. The van der Waals surface area contributed by atoms with E-state index in [1.807, 2.05) is 25.3 Å². The molecule has 1 unspecified atom stereocenters. The highest BCUT2D eigenvalue weighted by Gasteiger charge is 2.05. The molecule has 0 bridgehead atoms. The normalized spacial score (nSPS) is 12.6. The Hall–Kier alpha value is -1.06. The maximum Gasteiger partial charge on any atom is 0.0460 e. The number of benzene rings is 1. The van der Waals surface area contributed by atoms with Gasteiger partial charge in [-0.1, -0.05) is 35.0 Å². The minimum absolute atomic E-state index is 0.229. The van der Waals surface area contributed by atoms with Crippen molar-refractivity contribution in [3.8, 4) is 11.1 Å². The highest BCUT2D eigenvalue weighted by atomic mass is 79.9. The summed E-state index contributed by atoms with van der Waals surface area (Å²) < 4.78 is 1.09. The van der Waals surface area contributed by atoms with E-state index in [1.54, 1.807) is 0 Å². The second kappa shape index (κ2) is 5.52. The predicted molar refractivity (Wildman–Crippen MR) is 73.9 cm³/mol. The molecule has 90 valence electrons. The Balaban J connectivity index is 2.15. The van der Waals surface area contributed by atoms with Gasteiger partial charge in [-0.3, -0.25) is 0 Å². The van der Waals surface area contributed by atoms with Crippen molar-refractivity contribution in [3.05, 3.63) is 46.7 Å². The summed E-state index contributed by atoms with van der Waals surface area (Å²) in [6.45, 7) is 2.27. The number of rotatable bonds is 4. The van der Waals surface area contributed by atoms with Crippen LogP contribution in [0, 0.1) is 5.92 Å². The van der Waals surface area contributed by atoms with E-state index in [1.165, 1.54) is 16.8 Å². The third kappa shape index (κ3) is 3.20. The number of hydrogen-bond donors (Lipinski definition) is 2. The van der Waals surface area contributed by atoms with Gasteiger partial charge in [0.25, 0.3) is 0 Å². The molecule has 0 saturated carbocycles. The SMILES string of the molecule is CC(CO)Cc1cc(-c2ccc(Br)cc2)c[nH]1. The summed E-state index contributed by atoms with van der Waals surface area (Å²) in [5.41, 5.74) is 3.56. The summed E-state index contributed by atoms with van der Waals surface area (Å²) in [5, 5.41) is 9.03. The average molecular weight is 294 g/mol. The number of halogens is 1. The molecule has 2 rings (SSSR count). The molecular formula is C14H16BrNO. The van der Waals surface area contributed by atoms with Crippen molar-refractivity contribution in [2.75, 3.05) is 6.61 Å². The van der Waals surface area contributed by atoms with Gasteiger partial charge in [0.05, 0.1) is 0 Å². The minimum Gasteiger partial charge on any atom is -0.396 e.